The second-order valence-electron chi connectivity index (χ2n) is 10.1. The molecule has 0 saturated heterocycles. The lowest BCUT2D eigenvalue weighted by molar-refractivity contribution is -0.137. The molecule has 3 unspecified atom stereocenters. The molecule has 0 radical (unpaired) electrons. The monoisotopic (exact) mass is 605 g/mol. The van der Waals surface area contributed by atoms with E-state index in [1.165, 1.54) is 0 Å². The van der Waals surface area contributed by atoms with Gasteiger partial charge in [0.05, 0.1) is 37.6 Å². The smallest absolute Gasteiger partial charge is 0.418 e. The van der Waals surface area contributed by atoms with E-state index in [2.05, 4.69) is 30.1 Å². The van der Waals surface area contributed by atoms with Crippen LogP contribution in [0.2, 0.25) is 0 Å². The first-order valence-corrected chi connectivity index (χ1v) is 14.2. The summed E-state index contributed by atoms with van der Waals surface area (Å²) in [5.41, 5.74) is 0.200. The summed E-state index contributed by atoms with van der Waals surface area (Å²) < 4.78 is 97.8. The average Bonchev–Trinajstić information content (AvgIpc) is 3.43. The van der Waals surface area contributed by atoms with Crippen molar-refractivity contribution in [2.75, 3.05) is 37.2 Å². The Balaban J connectivity index is 1.76. The molecule has 17 heteroatoms. The molecule has 1 fully saturated rings. The minimum atomic E-state index is -4.94. The third kappa shape index (κ3) is 5.40. The molecular weight excluding hydrogens is 579 g/mol. The van der Waals surface area contributed by atoms with Crippen LogP contribution in [0.25, 0.3) is 22.2 Å². The molecule has 4 heterocycles. The standard InChI is InChI=1S/C24H26F6N7O3P/c1-10-4-5-32-41(3)37-19-14-18(35-21(36-19)39-9-22(8-38)7-23(22,26)27)16(25)17(34-20(14)40-10)12-6-13(31)33-11(2)15(12)24(28,29)30/h6,10,32,38H,4-5,7-9H2,1-3H3,(H2,31,33)(H,35,36,37). The van der Waals surface area contributed by atoms with Crippen molar-refractivity contribution in [3.63, 3.8) is 0 Å². The van der Waals surface area contributed by atoms with Crippen LogP contribution in [0.5, 0.6) is 11.9 Å². The number of halogens is 6. The van der Waals surface area contributed by atoms with Gasteiger partial charge < -0.3 is 25.4 Å². The summed E-state index contributed by atoms with van der Waals surface area (Å²) in [5.74, 6) is -5.02. The number of pyridine rings is 2. The van der Waals surface area contributed by atoms with E-state index in [0.717, 1.165) is 13.0 Å². The van der Waals surface area contributed by atoms with Crippen molar-refractivity contribution < 1.29 is 40.9 Å². The molecule has 3 atom stereocenters. The average molecular weight is 605 g/mol. The molecule has 1 aliphatic carbocycles. The molecule has 0 amide bonds. The largest absolute Gasteiger partial charge is 0.474 e. The first-order chi connectivity index (χ1) is 19.2. The maximum Gasteiger partial charge on any atom is 0.418 e. The number of ether oxygens (including phenoxy) is 2. The minimum Gasteiger partial charge on any atom is -0.474 e. The van der Waals surface area contributed by atoms with Crippen LogP contribution >= 0.6 is 8.22 Å². The van der Waals surface area contributed by atoms with Crippen LogP contribution in [-0.2, 0) is 6.18 Å². The van der Waals surface area contributed by atoms with Gasteiger partial charge in [0, 0.05) is 18.5 Å². The summed E-state index contributed by atoms with van der Waals surface area (Å²) in [4.78, 5) is 16.1. The number of aliphatic hydroxyl groups is 1. The van der Waals surface area contributed by atoms with Crippen molar-refractivity contribution in [1.82, 2.24) is 25.0 Å². The van der Waals surface area contributed by atoms with Crippen LogP contribution in [0.15, 0.2) is 6.07 Å². The van der Waals surface area contributed by atoms with Gasteiger partial charge >= 0.3 is 12.2 Å². The number of aromatic nitrogens is 4. The fraction of sp³-hybridized carbons (Fsp3) is 0.500. The Labute approximate surface area is 230 Å². The Morgan fingerprint density at radius 2 is 1.95 bits per heavy atom. The third-order valence-corrected chi connectivity index (χ3v) is 8.21. The topological polar surface area (TPSA) is 140 Å². The maximum atomic E-state index is 16.3. The molecule has 0 spiro atoms. The number of alkyl halides is 5. The van der Waals surface area contributed by atoms with Gasteiger partial charge in [-0.25, -0.2) is 23.1 Å². The zero-order valence-electron chi connectivity index (χ0n) is 22.0. The normalized spacial score (nSPS) is 24.0. The van der Waals surface area contributed by atoms with Crippen molar-refractivity contribution in [1.29, 1.82) is 0 Å². The number of nitrogens with zero attached hydrogens (tertiary/aromatic N) is 4. The Kier molecular flexibility index (Phi) is 7.31. The van der Waals surface area contributed by atoms with E-state index in [0.29, 0.717) is 13.0 Å². The van der Waals surface area contributed by atoms with Crippen LogP contribution in [-0.4, -0.2) is 63.5 Å². The summed E-state index contributed by atoms with van der Waals surface area (Å²) in [6.45, 7) is 3.54. The second kappa shape index (κ2) is 10.2. The molecular formula is C24H26F6N7O3P. The fourth-order valence-electron chi connectivity index (χ4n) is 4.61. The van der Waals surface area contributed by atoms with E-state index in [1.54, 1.807) is 13.6 Å². The van der Waals surface area contributed by atoms with Crippen LogP contribution in [0, 0.1) is 18.2 Å². The lowest BCUT2D eigenvalue weighted by Gasteiger charge is -2.24. The molecule has 222 valence electrons. The molecule has 1 aliphatic heterocycles. The van der Waals surface area contributed by atoms with Gasteiger partial charge in [0.2, 0.25) is 5.88 Å². The first-order valence-electron chi connectivity index (χ1n) is 12.4. The molecule has 41 heavy (non-hydrogen) atoms. The van der Waals surface area contributed by atoms with E-state index < -0.39 is 91.3 Å². The highest BCUT2D eigenvalue weighted by Gasteiger charge is 2.71. The molecule has 10 nitrogen and oxygen atoms in total. The third-order valence-electron chi connectivity index (χ3n) is 6.97. The molecule has 0 aromatic carbocycles. The maximum absolute atomic E-state index is 16.3. The summed E-state index contributed by atoms with van der Waals surface area (Å²) in [6, 6.07) is 0.323. The van der Waals surface area contributed by atoms with Gasteiger partial charge in [-0.15, -0.1) is 0 Å². The summed E-state index contributed by atoms with van der Waals surface area (Å²) in [6.07, 6.45) is -5.59. The van der Waals surface area contributed by atoms with Crippen molar-refractivity contribution in [3.8, 4) is 23.1 Å². The number of hydrogen-bond donors (Lipinski definition) is 4. The summed E-state index contributed by atoms with van der Waals surface area (Å²) in [7, 11) is -1.16. The number of nitrogens with two attached hydrogens (primary N) is 1. The molecule has 2 aliphatic rings. The predicted molar refractivity (Wildman–Crippen MR) is 138 cm³/mol. The van der Waals surface area contributed by atoms with E-state index in [1.807, 2.05) is 0 Å². The van der Waals surface area contributed by atoms with Crippen molar-refractivity contribution in [2.24, 2.45) is 5.41 Å². The van der Waals surface area contributed by atoms with Crippen LogP contribution in [0.1, 0.15) is 31.0 Å². The Morgan fingerprint density at radius 1 is 1.24 bits per heavy atom. The van der Waals surface area contributed by atoms with E-state index in [-0.39, 0.29) is 22.9 Å². The highest BCUT2D eigenvalue weighted by molar-refractivity contribution is 7.56. The lowest BCUT2D eigenvalue weighted by Crippen LogP contribution is -2.25. The Hall–Kier alpha value is -3.23. The van der Waals surface area contributed by atoms with Gasteiger partial charge in [0.15, 0.2) is 11.6 Å². The number of rotatable bonds is 5. The lowest BCUT2D eigenvalue weighted by atomic mass is 10.0. The van der Waals surface area contributed by atoms with E-state index in [4.69, 9.17) is 15.2 Å². The molecule has 0 bridgehead atoms. The van der Waals surface area contributed by atoms with E-state index in [9.17, 15) is 27.1 Å². The highest BCUT2D eigenvalue weighted by Crippen LogP contribution is 2.60. The first kappa shape index (κ1) is 29.3. The van der Waals surface area contributed by atoms with Crippen molar-refractivity contribution in [3.05, 3.63) is 23.1 Å². The van der Waals surface area contributed by atoms with Gasteiger partial charge in [0.25, 0.3) is 5.92 Å². The van der Waals surface area contributed by atoms with Gasteiger partial charge in [-0.3, -0.25) is 5.09 Å². The van der Waals surface area contributed by atoms with Crippen molar-refractivity contribution in [2.45, 2.75) is 44.9 Å². The molecule has 1 saturated carbocycles. The van der Waals surface area contributed by atoms with Crippen LogP contribution in [0.4, 0.5) is 38.0 Å². The molecule has 5 rings (SSSR count). The molecule has 3 aromatic heterocycles. The second-order valence-corrected chi connectivity index (χ2v) is 11.8. The number of hydrogen-bond acceptors (Lipinski definition) is 10. The number of anilines is 2. The van der Waals surface area contributed by atoms with Gasteiger partial charge in [-0.2, -0.15) is 23.1 Å². The quantitative estimate of drug-likeness (QED) is 0.240. The summed E-state index contributed by atoms with van der Waals surface area (Å²) >= 11 is 0. The zero-order valence-corrected chi connectivity index (χ0v) is 22.9. The van der Waals surface area contributed by atoms with Crippen LogP contribution in [0.3, 0.4) is 0 Å². The van der Waals surface area contributed by atoms with Gasteiger partial charge in [0.1, 0.15) is 29.0 Å². The van der Waals surface area contributed by atoms with Gasteiger partial charge in [-0.05, 0) is 33.0 Å². The molecule has 3 aromatic rings. The van der Waals surface area contributed by atoms with Crippen molar-refractivity contribution >= 4 is 30.8 Å². The predicted octanol–water partition coefficient (Wildman–Crippen LogP) is 4.65. The number of nitrogens with one attached hydrogen (secondary N) is 2. The Morgan fingerprint density at radius 3 is 2.59 bits per heavy atom. The minimum absolute atomic E-state index is 0.0322. The Bertz CT molecular complexity index is 1510. The van der Waals surface area contributed by atoms with E-state index >= 15 is 4.39 Å². The van der Waals surface area contributed by atoms with Gasteiger partial charge in [-0.1, -0.05) is 0 Å². The fourth-order valence-corrected chi connectivity index (χ4v) is 5.63. The SMILES string of the molecule is Cc1nc(N)cc(-c2nc3c4c(nc(OCC5(CO)CC5(F)F)nc4c2F)NP(C)NCCC(C)O3)c1C(F)(F)F. The molecule has 5 N–H and O–H groups in total. The zero-order chi connectivity index (χ0) is 29.9. The highest BCUT2D eigenvalue weighted by atomic mass is 31.1. The number of aliphatic hydroxyl groups excluding tert-OH is 1. The summed E-state index contributed by atoms with van der Waals surface area (Å²) in [5, 5.41) is 15.7. The van der Waals surface area contributed by atoms with Crippen LogP contribution < -0.4 is 25.4 Å². The number of nitrogen functional groups attached to an aromatic ring is 1. The number of aryl methyl sites for hydroxylation is 1.